The van der Waals surface area contributed by atoms with E-state index in [1.807, 2.05) is 6.07 Å². The average molecular weight is 294 g/mol. The Bertz CT molecular complexity index is 493. The van der Waals surface area contributed by atoms with E-state index in [-0.39, 0.29) is 0 Å². The van der Waals surface area contributed by atoms with Crippen LogP contribution in [-0.4, -0.2) is 31.5 Å². The van der Waals surface area contributed by atoms with Crippen molar-refractivity contribution < 1.29 is 14.6 Å². The van der Waals surface area contributed by atoms with Gasteiger partial charge in [-0.15, -0.1) is 0 Å². The van der Waals surface area contributed by atoms with Crippen LogP contribution in [0, 0.1) is 5.92 Å². The number of nitrogens with one attached hydrogen (secondary N) is 1. The predicted molar refractivity (Wildman–Crippen MR) is 85.0 cm³/mol. The maximum absolute atomic E-state index is 10.7. The van der Waals surface area contributed by atoms with E-state index in [4.69, 9.17) is 15.2 Å². The highest BCUT2D eigenvalue weighted by Crippen LogP contribution is 2.36. The third-order valence-corrected chi connectivity index (χ3v) is 4.23. The molecule has 4 N–H and O–H groups in total. The van der Waals surface area contributed by atoms with Crippen LogP contribution in [-0.2, 0) is 0 Å². The van der Waals surface area contributed by atoms with Gasteiger partial charge >= 0.3 is 0 Å². The van der Waals surface area contributed by atoms with Crippen molar-refractivity contribution in [1.82, 2.24) is 0 Å². The highest BCUT2D eigenvalue weighted by molar-refractivity contribution is 5.72. The Morgan fingerprint density at radius 2 is 2.00 bits per heavy atom. The van der Waals surface area contributed by atoms with Crippen LogP contribution in [0.25, 0.3) is 0 Å². The number of methoxy groups -OCH3 is 2. The molecule has 2 unspecified atom stereocenters. The van der Waals surface area contributed by atoms with Crippen LogP contribution in [0.15, 0.2) is 12.1 Å². The molecule has 21 heavy (non-hydrogen) atoms. The molecule has 118 valence electrons. The molecule has 0 heterocycles. The second-order valence-electron chi connectivity index (χ2n) is 6.07. The minimum absolute atomic E-state index is 0.497. The van der Waals surface area contributed by atoms with Gasteiger partial charge in [0.25, 0.3) is 0 Å². The number of hydrogen-bond acceptors (Lipinski definition) is 5. The molecule has 0 aliphatic heterocycles. The zero-order chi connectivity index (χ0) is 15.5. The summed E-state index contributed by atoms with van der Waals surface area (Å²) in [4.78, 5) is 0. The molecule has 0 saturated heterocycles. The minimum Gasteiger partial charge on any atom is -0.493 e. The van der Waals surface area contributed by atoms with Gasteiger partial charge in [0.05, 0.1) is 31.2 Å². The molecule has 1 aliphatic carbocycles. The summed E-state index contributed by atoms with van der Waals surface area (Å²) in [7, 11) is 3.17. The maximum Gasteiger partial charge on any atom is 0.162 e. The number of hydrogen-bond donors (Lipinski definition) is 3. The van der Waals surface area contributed by atoms with Crippen molar-refractivity contribution >= 4 is 11.4 Å². The van der Waals surface area contributed by atoms with Crippen LogP contribution >= 0.6 is 0 Å². The van der Waals surface area contributed by atoms with E-state index in [1.165, 1.54) is 6.42 Å². The monoisotopic (exact) mass is 294 g/mol. The van der Waals surface area contributed by atoms with E-state index in [2.05, 4.69) is 12.2 Å². The summed E-state index contributed by atoms with van der Waals surface area (Å²) < 4.78 is 10.5. The zero-order valence-corrected chi connectivity index (χ0v) is 13.1. The molecular formula is C16H26N2O3. The minimum atomic E-state index is -0.655. The predicted octanol–water partition coefficient (Wildman–Crippen LogP) is 2.64. The molecular weight excluding hydrogens is 268 g/mol. The Labute approximate surface area is 126 Å². The maximum atomic E-state index is 10.7. The standard InChI is InChI=1S/C16H26N2O3/c1-11-5-4-6-16(19,9-11)10-18-13-8-15(21-3)14(20-2)7-12(13)17/h7-8,11,18-19H,4-6,9-10,17H2,1-3H3. The highest BCUT2D eigenvalue weighted by Gasteiger charge is 2.32. The van der Waals surface area contributed by atoms with Crippen molar-refractivity contribution in [2.75, 3.05) is 31.8 Å². The molecule has 0 aromatic heterocycles. The van der Waals surface area contributed by atoms with E-state index < -0.39 is 5.60 Å². The second kappa shape index (κ2) is 6.43. The summed E-state index contributed by atoms with van der Waals surface area (Å²) in [6.07, 6.45) is 3.92. The van der Waals surface area contributed by atoms with Crippen LogP contribution < -0.4 is 20.5 Å². The Morgan fingerprint density at radius 1 is 1.33 bits per heavy atom. The van der Waals surface area contributed by atoms with Gasteiger partial charge in [-0.1, -0.05) is 19.8 Å². The molecule has 0 bridgehead atoms. The summed E-state index contributed by atoms with van der Waals surface area (Å²) in [6, 6.07) is 3.54. The van der Waals surface area contributed by atoms with Crippen LogP contribution in [0.2, 0.25) is 0 Å². The first-order valence-corrected chi connectivity index (χ1v) is 7.45. The Kier molecular flexibility index (Phi) is 4.83. The Balaban J connectivity index is 2.09. The highest BCUT2D eigenvalue weighted by atomic mass is 16.5. The van der Waals surface area contributed by atoms with Gasteiger partial charge in [0.15, 0.2) is 11.5 Å². The van der Waals surface area contributed by atoms with Gasteiger partial charge in [-0.2, -0.15) is 0 Å². The first-order valence-electron chi connectivity index (χ1n) is 7.45. The van der Waals surface area contributed by atoms with E-state index in [0.29, 0.717) is 29.6 Å². The lowest BCUT2D eigenvalue weighted by Gasteiger charge is -2.36. The number of aliphatic hydroxyl groups is 1. The van der Waals surface area contributed by atoms with Gasteiger partial charge in [0.2, 0.25) is 0 Å². The van der Waals surface area contributed by atoms with Gasteiger partial charge in [0.1, 0.15) is 0 Å². The number of rotatable bonds is 5. The van der Waals surface area contributed by atoms with Crippen molar-refractivity contribution in [1.29, 1.82) is 0 Å². The zero-order valence-electron chi connectivity index (χ0n) is 13.1. The van der Waals surface area contributed by atoms with Gasteiger partial charge in [0, 0.05) is 18.7 Å². The lowest BCUT2D eigenvalue weighted by Crippen LogP contribution is -2.41. The van der Waals surface area contributed by atoms with Crippen molar-refractivity contribution in [3.8, 4) is 11.5 Å². The van der Waals surface area contributed by atoms with Gasteiger partial charge in [-0.3, -0.25) is 0 Å². The van der Waals surface area contributed by atoms with E-state index in [0.717, 1.165) is 24.9 Å². The molecule has 1 aromatic carbocycles. The van der Waals surface area contributed by atoms with Gasteiger partial charge < -0.3 is 25.6 Å². The number of benzene rings is 1. The smallest absolute Gasteiger partial charge is 0.162 e. The van der Waals surface area contributed by atoms with Crippen LogP contribution in [0.3, 0.4) is 0 Å². The fourth-order valence-corrected chi connectivity index (χ4v) is 3.10. The fraction of sp³-hybridized carbons (Fsp3) is 0.625. The number of nitrogens with two attached hydrogens (primary N) is 1. The van der Waals surface area contributed by atoms with E-state index in [1.54, 1.807) is 20.3 Å². The molecule has 5 heteroatoms. The van der Waals surface area contributed by atoms with Crippen molar-refractivity contribution in [3.63, 3.8) is 0 Å². The molecule has 5 nitrogen and oxygen atoms in total. The van der Waals surface area contributed by atoms with E-state index >= 15 is 0 Å². The SMILES string of the molecule is COc1cc(N)c(NCC2(O)CCCC(C)C2)cc1OC. The molecule has 2 rings (SSSR count). The molecule has 0 radical (unpaired) electrons. The third kappa shape index (κ3) is 3.73. The number of ether oxygens (including phenoxy) is 2. The van der Waals surface area contributed by atoms with Crippen LogP contribution in [0.1, 0.15) is 32.6 Å². The molecule has 0 amide bonds. The molecule has 0 spiro atoms. The van der Waals surface area contributed by atoms with Crippen LogP contribution in [0.5, 0.6) is 11.5 Å². The fourth-order valence-electron chi connectivity index (χ4n) is 3.10. The van der Waals surface area contributed by atoms with Crippen LogP contribution in [0.4, 0.5) is 11.4 Å². The van der Waals surface area contributed by atoms with Gasteiger partial charge in [-0.25, -0.2) is 0 Å². The number of nitrogen functional groups attached to an aromatic ring is 1. The lowest BCUT2D eigenvalue weighted by molar-refractivity contribution is -0.000751. The largest absolute Gasteiger partial charge is 0.493 e. The molecule has 1 aromatic rings. The molecule has 1 aliphatic rings. The summed E-state index contributed by atoms with van der Waals surface area (Å²) in [6.45, 7) is 2.69. The summed E-state index contributed by atoms with van der Waals surface area (Å²) in [5, 5.41) is 13.9. The van der Waals surface area contributed by atoms with Gasteiger partial charge in [-0.05, 0) is 18.8 Å². The normalized spacial score (nSPS) is 25.4. The first-order chi connectivity index (χ1) is 9.97. The Hall–Kier alpha value is -1.62. The summed E-state index contributed by atoms with van der Waals surface area (Å²) >= 11 is 0. The second-order valence-corrected chi connectivity index (χ2v) is 6.07. The summed E-state index contributed by atoms with van der Waals surface area (Å²) in [5.41, 5.74) is 6.72. The lowest BCUT2D eigenvalue weighted by atomic mass is 9.79. The summed E-state index contributed by atoms with van der Waals surface area (Å²) in [5.74, 6) is 1.79. The first kappa shape index (κ1) is 15.8. The van der Waals surface area contributed by atoms with Crippen molar-refractivity contribution in [3.05, 3.63) is 12.1 Å². The van der Waals surface area contributed by atoms with E-state index in [9.17, 15) is 5.11 Å². The third-order valence-electron chi connectivity index (χ3n) is 4.23. The van der Waals surface area contributed by atoms with Crippen molar-refractivity contribution in [2.45, 2.75) is 38.2 Å². The quantitative estimate of drug-likeness (QED) is 0.728. The molecule has 1 fully saturated rings. The number of anilines is 2. The van der Waals surface area contributed by atoms with Crippen molar-refractivity contribution in [2.24, 2.45) is 5.92 Å². The average Bonchev–Trinajstić information content (AvgIpc) is 2.45. The topological polar surface area (TPSA) is 76.7 Å². The Morgan fingerprint density at radius 3 is 2.62 bits per heavy atom. The molecule has 2 atom stereocenters. The molecule has 1 saturated carbocycles.